The molecule has 0 aromatic heterocycles. The molecule has 0 radical (unpaired) electrons. The summed E-state index contributed by atoms with van der Waals surface area (Å²) in [6.07, 6.45) is 5.93. The number of hydrogen-bond acceptors (Lipinski definition) is 2. The molecule has 0 heterocycles. The quantitative estimate of drug-likeness (QED) is 0.603. The fourth-order valence-electron chi connectivity index (χ4n) is 3.19. The first kappa shape index (κ1) is 9.22. The third-order valence-corrected chi connectivity index (χ3v) is 3.79. The van der Waals surface area contributed by atoms with Gasteiger partial charge < -0.3 is 10.2 Å². The topological polar surface area (TPSA) is 40.5 Å². The molecule has 3 unspecified atom stereocenters. The molecule has 2 heteroatoms. The normalized spacial score (nSPS) is 44.4. The van der Waals surface area contributed by atoms with Gasteiger partial charge in [0.15, 0.2) is 0 Å². The van der Waals surface area contributed by atoms with Crippen molar-refractivity contribution in [2.24, 2.45) is 11.3 Å². The zero-order chi connectivity index (χ0) is 9.47. The standard InChI is InChI=1S/C11H18O2/c1-8-5-10(13)9-3-2-4-11(9,6-8)7-12/h5,9-10,12-13H,2-4,6-7H2,1H3. The van der Waals surface area contributed by atoms with Crippen molar-refractivity contribution in [2.45, 2.75) is 38.7 Å². The minimum Gasteiger partial charge on any atom is -0.396 e. The second-order valence-corrected chi connectivity index (χ2v) is 4.70. The molecule has 13 heavy (non-hydrogen) atoms. The smallest absolute Gasteiger partial charge is 0.0757 e. The first-order valence-corrected chi connectivity index (χ1v) is 5.14. The molecule has 1 fully saturated rings. The maximum absolute atomic E-state index is 9.86. The SMILES string of the molecule is CC1=CC(O)C2CCCC2(CO)C1. The number of rotatable bonds is 1. The average molecular weight is 182 g/mol. The third kappa shape index (κ3) is 1.32. The summed E-state index contributed by atoms with van der Waals surface area (Å²) in [5.74, 6) is 0.307. The summed E-state index contributed by atoms with van der Waals surface area (Å²) in [6.45, 7) is 2.29. The second-order valence-electron chi connectivity index (χ2n) is 4.70. The lowest BCUT2D eigenvalue weighted by atomic mass is 9.68. The average Bonchev–Trinajstić information content (AvgIpc) is 2.48. The van der Waals surface area contributed by atoms with Crippen molar-refractivity contribution < 1.29 is 10.2 Å². The van der Waals surface area contributed by atoms with Crippen LogP contribution in [0.5, 0.6) is 0 Å². The summed E-state index contributed by atoms with van der Waals surface area (Å²) in [7, 11) is 0. The van der Waals surface area contributed by atoms with Crippen molar-refractivity contribution in [1.82, 2.24) is 0 Å². The van der Waals surface area contributed by atoms with E-state index in [0.29, 0.717) is 5.92 Å². The summed E-state index contributed by atoms with van der Waals surface area (Å²) in [4.78, 5) is 0. The third-order valence-electron chi connectivity index (χ3n) is 3.79. The van der Waals surface area contributed by atoms with E-state index in [1.807, 2.05) is 6.08 Å². The Kier molecular flexibility index (Phi) is 2.20. The fraction of sp³-hybridized carbons (Fsp3) is 0.818. The van der Waals surface area contributed by atoms with Crippen LogP contribution in [-0.4, -0.2) is 22.9 Å². The Hall–Kier alpha value is -0.340. The van der Waals surface area contributed by atoms with Crippen LogP contribution >= 0.6 is 0 Å². The molecule has 0 bridgehead atoms. The molecule has 74 valence electrons. The minimum absolute atomic E-state index is 0.0122. The van der Waals surface area contributed by atoms with Gasteiger partial charge in [-0.05, 0) is 32.1 Å². The summed E-state index contributed by atoms with van der Waals surface area (Å²) in [5.41, 5.74) is 1.25. The predicted octanol–water partition coefficient (Wildman–Crippen LogP) is 1.48. The van der Waals surface area contributed by atoms with Crippen LogP contribution in [0.2, 0.25) is 0 Å². The van der Waals surface area contributed by atoms with Crippen molar-refractivity contribution >= 4 is 0 Å². The first-order chi connectivity index (χ1) is 6.18. The van der Waals surface area contributed by atoms with Gasteiger partial charge in [-0.3, -0.25) is 0 Å². The molecule has 0 amide bonds. The van der Waals surface area contributed by atoms with Gasteiger partial charge in [0.2, 0.25) is 0 Å². The van der Waals surface area contributed by atoms with Gasteiger partial charge in [0.25, 0.3) is 0 Å². The highest BCUT2D eigenvalue weighted by Gasteiger charge is 2.47. The highest BCUT2D eigenvalue weighted by molar-refractivity contribution is 5.16. The van der Waals surface area contributed by atoms with Crippen molar-refractivity contribution in [3.8, 4) is 0 Å². The Morgan fingerprint density at radius 3 is 3.08 bits per heavy atom. The molecule has 2 N–H and O–H groups in total. The summed E-state index contributed by atoms with van der Waals surface area (Å²) in [6, 6.07) is 0. The predicted molar refractivity (Wildman–Crippen MR) is 51.2 cm³/mol. The highest BCUT2D eigenvalue weighted by Crippen LogP contribution is 2.51. The van der Waals surface area contributed by atoms with Gasteiger partial charge in [-0.25, -0.2) is 0 Å². The van der Waals surface area contributed by atoms with E-state index in [4.69, 9.17) is 0 Å². The highest BCUT2D eigenvalue weighted by atomic mass is 16.3. The Bertz CT molecular complexity index is 234. The maximum Gasteiger partial charge on any atom is 0.0757 e. The Balaban J connectivity index is 2.29. The van der Waals surface area contributed by atoms with E-state index in [0.717, 1.165) is 25.7 Å². The number of aliphatic hydroxyl groups excluding tert-OH is 2. The van der Waals surface area contributed by atoms with Crippen LogP contribution in [0.3, 0.4) is 0 Å². The van der Waals surface area contributed by atoms with Crippen molar-refractivity contribution in [2.75, 3.05) is 6.61 Å². The van der Waals surface area contributed by atoms with Gasteiger partial charge in [0.05, 0.1) is 6.10 Å². The van der Waals surface area contributed by atoms with Gasteiger partial charge in [0, 0.05) is 12.0 Å². The van der Waals surface area contributed by atoms with Crippen molar-refractivity contribution in [3.63, 3.8) is 0 Å². The van der Waals surface area contributed by atoms with Crippen LogP contribution in [0.25, 0.3) is 0 Å². The van der Waals surface area contributed by atoms with Crippen LogP contribution in [0.4, 0.5) is 0 Å². The fourth-order valence-corrected chi connectivity index (χ4v) is 3.19. The number of fused-ring (bicyclic) bond motifs is 1. The van der Waals surface area contributed by atoms with E-state index in [-0.39, 0.29) is 18.1 Å². The number of allylic oxidation sites excluding steroid dienone is 1. The van der Waals surface area contributed by atoms with E-state index >= 15 is 0 Å². The first-order valence-electron chi connectivity index (χ1n) is 5.14. The molecule has 1 saturated carbocycles. The monoisotopic (exact) mass is 182 g/mol. The largest absolute Gasteiger partial charge is 0.396 e. The molecule has 0 aromatic carbocycles. The van der Waals surface area contributed by atoms with E-state index in [2.05, 4.69) is 6.92 Å². The summed E-state index contributed by atoms with van der Waals surface area (Å²) in [5, 5.41) is 19.3. The van der Waals surface area contributed by atoms with E-state index in [1.165, 1.54) is 5.57 Å². The number of aliphatic hydroxyl groups is 2. The lowest BCUT2D eigenvalue weighted by Gasteiger charge is -2.39. The Labute approximate surface area is 79.3 Å². The van der Waals surface area contributed by atoms with Crippen LogP contribution in [-0.2, 0) is 0 Å². The van der Waals surface area contributed by atoms with Gasteiger partial charge in [-0.2, -0.15) is 0 Å². The van der Waals surface area contributed by atoms with Gasteiger partial charge in [-0.1, -0.05) is 18.1 Å². The van der Waals surface area contributed by atoms with Crippen molar-refractivity contribution in [3.05, 3.63) is 11.6 Å². The molecule has 0 aromatic rings. The lowest BCUT2D eigenvalue weighted by molar-refractivity contribution is 0.0118. The summed E-state index contributed by atoms with van der Waals surface area (Å²) < 4.78 is 0. The van der Waals surface area contributed by atoms with Gasteiger partial charge in [-0.15, -0.1) is 0 Å². The molecule has 2 rings (SSSR count). The maximum atomic E-state index is 9.86. The van der Waals surface area contributed by atoms with Gasteiger partial charge >= 0.3 is 0 Å². The molecule has 0 aliphatic heterocycles. The molecular weight excluding hydrogens is 164 g/mol. The Morgan fingerprint density at radius 2 is 2.38 bits per heavy atom. The minimum atomic E-state index is -0.316. The molecule has 0 spiro atoms. The molecule has 2 aliphatic carbocycles. The lowest BCUT2D eigenvalue weighted by Crippen LogP contribution is -2.39. The molecular formula is C11H18O2. The van der Waals surface area contributed by atoms with Crippen molar-refractivity contribution in [1.29, 1.82) is 0 Å². The molecule has 0 saturated heterocycles. The van der Waals surface area contributed by atoms with Crippen LogP contribution in [0.1, 0.15) is 32.6 Å². The van der Waals surface area contributed by atoms with E-state index in [9.17, 15) is 10.2 Å². The second kappa shape index (κ2) is 3.10. The molecule has 2 nitrogen and oxygen atoms in total. The Morgan fingerprint density at radius 1 is 1.62 bits per heavy atom. The van der Waals surface area contributed by atoms with Gasteiger partial charge in [0.1, 0.15) is 0 Å². The number of hydrogen-bond donors (Lipinski definition) is 2. The van der Waals surface area contributed by atoms with Crippen LogP contribution < -0.4 is 0 Å². The van der Waals surface area contributed by atoms with E-state index < -0.39 is 0 Å². The van der Waals surface area contributed by atoms with Crippen LogP contribution in [0.15, 0.2) is 11.6 Å². The summed E-state index contributed by atoms with van der Waals surface area (Å²) >= 11 is 0. The zero-order valence-electron chi connectivity index (χ0n) is 8.16. The zero-order valence-corrected chi connectivity index (χ0v) is 8.16. The molecule has 3 atom stereocenters. The van der Waals surface area contributed by atoms with E-state index in [1.54, 1.807) is 0 Å². The van der Waals surface area contributed by atoms with Crippen LogP contribution in [0, 0.1) is 11.3 Å². The molecule has 2 aliphatic rings.